The van der Waals surface area contributed by atoms with Gasteiger partial charge in [-0.05, 0) is 61.0 Å². The van der Waals surface area contributed by atoms with Gasteiger partial charge in [0.25, 0.3) is 0 Å². The van der Waals surface area contributed by atoms with Crippen LogP contribution in [0.15, 0.2) is 89.8 Å². The maximum Gasteiger partial charge on any atom is 0.347 e. The minimum absolute atomic E-state index is 0.0387. The molecule has 0 N–H and O–H groups in total. The van der Waals surface area contributed by atoms with Gasteiger partial charge < -0.3 is 18.4 Å². The van der Waals surface area contributed by atoms with Gasteiger partial charge in [-0.3, -0.25) is 0 Å². The SMILES string of the molecule is CCOc1ccc(OCC)c(S(=O)(=O)Oc2ccccc2C(=O)Oc2ccc3ccccc3c2)c1. The van der Waals surface area contributed by atoms with Crippen molar-refractivity contribution < 1.29 is 31.6 Å². The first-order valence-corrected chi connectivity index (χ1v) is 12.5. The third-order valence-electron chi connectivity index (χ3n) is 5.03. The molecule has 0 unspecified atom stereocenters. The van der Waals surface area contributed by atoms with Gasteiger partial charge in [-0.25, -0.2) is 4.79 Å². The quantitative estimate of drug-likeness (QED) is 0.170. The van der Waals surface area contributed by atoms with Gasteiger partial charge in [0.1, 0.15) is 22.8 Å². The molecule has 0 atom stereocenters. The van der Waals surface area contributed by atoms with Crippen molar-refractivity contribution in [3.8, 4) is 23.0 Å². The standard InChI is InChI=1S/C27H24O7S/c1-3-31-21-15-16-25(32-4-2)26(18-21)35(29,30)34-24-12-8-7-11-23(24)27(28)33-22-14-13-19-9-5-6-10-20(19)17-22/h5-18H,3-4H2,1-2H3. The van der Waals surface area contributed by atoms with E-state index in [9.17, 15) is 13.2 Å². The summed E-state index contributed by atoms with van der Waals surface area (Å²) in [5.41, 5.74) is -0.0387. The lowest BCUT2D eigenvalue weighted by atomic mass is 10.1. The van der Waals surface area contributed by atoms with Crippen molar-refractivity contribution in [3.05, 3.63) is 90.5 Å². The van der Waals surface area contributed by atoms with E-state index < -0.39 is 16.1 Å². The van der Waals surface area contributed by atoms with Gasteiger partial charge >= 0.3 is 16.1 Å². The number of esters is 1. The van der Waals surface area contributed by atoms with Gasteiger partial charge in [0, 0.05) is 6.07 Å². The van der Waals surface area contributed by atoms with Crippen LogP contribution >= 0.6 is 0 Å². The fraction of sp³-hybridized carbons (Fsp3) is 0.148. The minimum atomic E-state index is -4.38. The largest absolute Gasteiger partial charge is 0.494 e. The van der Waals surface area contributed by atoms with Crippen LogP contribution in [-0.4, -0.2) is 27.6 Å². The first-order valence-electron chi connectivity index (χ1n) is 11.1. The summed E-state index contributed by atoms with van der Waals surface area (Å²) in [4.78, 5) is 12.8. The highest BCUT2D eigenvalue weighted by molar-refractivity contribution is 7.87. The van der Waals surface area contributed by atoms with Crippen molar-refractivity contribution in [1.29, 1.82) is 0 Å². The Kier molecular flexibility index (Phi) is 7.22. The molecule has 4 aromatic rings. The summed E-state index contributed by atoms with van der Waals surface area (Å²) in [6.07, 6.45) is 0. The van der Waals surface area contributed by atoms with Gasteiger partial charge in [0.15, 0.2) is 10.6 Å². The Bertz CT molecular complexity index is 1460. The number of para-hydroxylation sites is 1. The maximum atomic E-state index is 13.2. The molecule has 0 fully saturated rings. The Labute approximate surface area is 204 Å². The van der Waals surface area contributed by atoms with Gasteiger partial charge in [-0.15, -0.1) is 0 Å². The van der Waals surface area contributed by atoms with Crippen LogP contribution in [0.5, 0.6) is 23.0 Å². The third kappa shape index (κ3) is 5.55. The van der Waals surface area contributed by atoms with E-state index in [1.54, 1.807) is 44.2 Å². The molecule has 35 heavy (non-hydrogen) atoms. The van der Waals surface area contributed by atoms with Crippen LogP contribution in [-0.2, 0) is 10.1 Å². The van der Waals surface area contributed by atoms with E-state index in [2.05, 4.69) is 0 Å². The molecule has 0 amide bonds. The highest BCUT2D eigenvalue weighted by Crippen LogP contribution is 2.32. The Morgan fingerprint density at radius 3 is 2.17 bits per heavy atom. The molecule has 0 heterocycles. The maximum absolute atomic E-state index is 13.2. The number of carbonyl (C=O) groups is 1. The summed E-state index contributed by atoms with van der Waals surface area (Å²) in [5.74, 6) is -0.120. The number of fused-ring (bicyclic) bond motifs is 1. The number of rotatable bonds is 9. The fourth-order valence-electron chi connectivity index (χ4n) is 3.48. The average molecular weight is 493 g/mol. The van der Waals surface area contributed by atoms with Crippen LogP contribution in [0.1, 0.15) is 24.2 Å². The van der Waals surface area contributed by atoms with Crippen LogP contribution in [0.4, 0.5) is 0 Å². The first-order chi connectivity index (χ1) is 16.9. The molecule has 0 spiro atoms. The molecule has 0 aliphatic rings. The second kappa shape index (κ2) is 10.5. The zero-order valence-electron chi connectivity index (χ0n) is 19.3. The van der Waals surface area contributed by atoms with Crippen molar-refractivity contribution >= 4 is 26.9 Å². The predicted octanol–water partition coefficient (Wildman–Crippen LogP) is 5.62. The molecule has 4 aromatic carbocycles. The Balaban J connectivity index is 1.63. The lowest BCUT2D eigenvalue weighted by molar-refractivity contribution is 0.0733. The third-order valence-corrected chi connectivity index (χ3v) is 6.29. The highest BCUT2D eigenvalue weighted by Gasteiger charge is 2.26. The summed E-state index contributed by atoms with van der Waals surface area (Å²) in [7, 11) is -4.38. The Morgan fingerprint density at radius 1 is 0.714 bits per heavy atom. The minimum Gasteiger partial charge on any atom is -0.494 e. The Morgan fingerprint density at radius 2 is 1.40 bits per heavy atom. The summed E-state index contributed by atoms with van der Waals surface area (Å²) in [5, 5.41) is 1.91. The summed E-state index contributed by atoms with van der Waals surface area (Å²) < 4.78 is 48.3. The normalized spacial score (nSPS) is 11.1. The number of hydrogen-bond donors (Lipinski definition) is 0. The van der Waals surface area contributed by atoms with E-state index in [1.165, 1.54) is 24.3 Å². The lowest BCUT2D eigenvalue weighted by Gasteiger charge is -2.15. The van der Waals surface area contributed by atoms with Gasteiger partial charge in [-0.1, -0.05) is 42.5 Å². The van der Waals surface area contributed by atoms with Crippen molar-refractivity contribution in [3.63, 3.8) is 0 Å². The molecular formula is C27H24O7S. The smallest absolute Gasteiger partial charge is 0.347 e. The van der Waals surface area contributed by atoms with E-state index in [1.807, 2.05) is 30.3 Å². The van der Waals surface area contributed by atoms with Crippen molar-refractivity contribution in [2.24, 2.45) is 0 Å². The van der Waals surface area contributed by atoms with E-state index in [0.717, 1.165) is 10.8 Å². The van der Waals surface area contributed by atoms with E-state index in [0.29, 0.717) is 18.1 Å². The average Bonchev–Trinajstić information content (AvgIpc) is 2.85. The number of carbonyl (C=O) groups excluding carboxylic acids is 1. The second-order valence-corrected chi connectivity index (χ2v) is 8.92. The van der Waals surface area contributed by atoms with Crippen molar-refractivity contribution in [2.45, 2.75) is 18.7 Å². The van der Waals surface area contributed by atoms with Crippen LogP contribution in [0.2, 0.25) is 0 Å². The van der Waals surface area contributed by atoms with Crippen molar-refractivity contribution in [2.75, 3.05) is 13.2 Å². The topological polar surface area (TPSA) is 88.1 Å². The molecule has 0 aromatic heterocycles. The molecular weight excluding hydrogens is 468 g/mol. The summed E-state index contributed by atoms with van der Waals surface area (Å²) >= 11 is 0. The number of benzene rings is 4. The number of hydrogen-bond acceptors (Lipinski definition) is 7. The molecule has 8 heteroatoms. The van der Waals surface area contributed by atoms with E-state index >= 15 is 0 Å². The molecule has 180 valence electrons. The van der Waals surface area contributed by atoms with Crippen LogP contribution in [0, 0.1) is 0 Å². The number of ether oxygens (including phenoxy) is 3. The van der Waals surface area contributed by atoms with Gasteiger partial charge in [0.05, 0.1) is 13.2 Å². The first kappa shape index (κ1) is 24.1. The van der Waals surface area contributed by atoms with E-state index in [4.69, 9.17) is 18.4 Å². The molecule has 0 saturated heterocycles. The fourth-order valence-corrected chi connectivity index (χ4v) is 4.58. The summed E-state index contributed by atoms with van der Waals surface area (Å²) in [6.45, 7) is 4.15. The zero-order chi connectivity index (χ0) is 24.8. The van der Waals surface area contributed by atoms with Crippen molar-refractivity contribution in [1.82, 2.24) is 0 Å². The molecule has 0 radical (unpaired) electrons. The molecule has 7 nitrogen and oxygen atoms in total. The molecule has 0 aliphatic carbocycles. The highest BCUT2D eigenvalue weighted by atomic mass is 32.2. The van der Waals surface area contributed by atoms with Crippen LogP contribution < -0.4 is 18.4 Å². The molecule has 0 aliphatic heterocycles. The van der Waals surface area contributed by atoms with E-state index in [-0.39, 0.29) is 28.6 Å². The van der Waals surface area contributed by atoms with Crippen LogP contribution in [0.3, 0.4) is 0 Å². The van der Waals surface area contributed by atoms with Crippen LogP contribution in [0.25, 0.3) is 10.8 Å². The van der Waals surface area contributed by atoms with Gasteiger partial charge in [-0.2, -0.15) is 8.42 Å². The monoisotopic (exact) mass is 492 g/mol. The zero-order valence-corrected chi connectivity index (χ0v) is 20.1. The lowest BCUT2D eigenvalue weighted by Crippen LogP contribution is -2.16. The second-order valence-electron chi connectivity index (χ2n) is 7.41. The molecule has 0 saturated carbocycles. The molecule has 4 rings (SSSR count). The predicted molar refractivity (Wildman–Crippen MR) is 132 cm³/mol. The molecule has 0 bridgehead atoms. The van der Waals surface area contributed by atoms with Gasteiger partial charge in [0.2, 0.25) is 0 Å². The summed E-state index contributed by atoms with van der Waals surface area (Å²) in [6, 6.07) is 23.4. The Hall–Kier alpha value is -4.04.